The van der Waals surface area contributed by atoms with E-state index in [4.69, 9.17) is 4.74 Å². The van der Waals surface area contributed by atoms with Gasteiger partial charge in [-0.1, -0.05) is 18.3 Å². The van der Waals surface area contributed by atoms with Crippen LogP contribution in [-0.2, 0) is 16.8 Å². The number of nitrogens with one attached hydrogen (secondary N) is 1. The Morgan fingerprint density at radius 3 is 3.00 bits per heavy atom. The molecule has 5 heteroatoms. The summed E-state index contributed by atoms with van der Waals surface area (Å²) in [5.74, 6) is 0. The summed E-state index contributed by atoms with van der Waals surface area (Å²) in [5.41, 5.74) is -0.170. The molecule has 0 aromatic carbocycles. The Morgan fingerprint density at radius 1 is 1.39 bits per heavy atom. The van der Waals surface area contributed by atoms with Crippen LogP contribution in [0, 0.1) is 0 Å². The molecule has 1 aliphatic rings. The van der Waals surface area contributed by atoms with Crippen LogP contribution < -0.4 is 5.32 Å². The van der Waals surface area contributed by atoms with Crippen molar-refractivity contribution in [3.8, 4) is 0 Å². The van der Waals surface area contributed by atoms with Crippen LogP contribution >= 0.6 is 11.3 Å². The third-order valence-corrected chi connectivity index (χ3v) is 4.54. The average molecular weight is 269 g/mol. The third-order valence-electron chi connectivity index (χ3n) is 3.31. The highest BCUT2D eigenvalue weighted by molar-refractivity contribution is 7.11. The highest BCUT2D eigenvalue weighted by atomic mass is 32.1. The van der Waals surface area contributed by atoms with E-state index >= 15 is 0 Å². The Hall–Kier alpha value is -0.520. The number of ether oxygens (including phenoxy) is 1. The standard InChI is InChI=1S/C13H23N3OS/c1-3-8-14-9-4-6-11-15-16-12(18-11)13(2)7-5-10-17-13/h14H,3-10H2,1-2H3. The number of hydrogen-bond acceptors (Lipinski definition) is 5. The van der Waals surface area contributed by atoms with Gasteiger partial charge in [-0.25, -0.2) is 0 Å². The second-order valence-electron chi connectivity index (χ2n) is 5.04. The van der Waals surface area contributed by atoms with E-state index in [1.165, 1.54) is 6.42 Å². The van der Waals surface area contributed by atoms with E-state index in [9.17, 15) is 0 Å². The summed E-state index contributed by atoms with van der Waals surface area (Å²) < 4.78 is 5.79. The summed E-state index contributed by atoms with van der Waals surface area (Å²) >= 11 is 1.72. The van der Waals surface area contributed by atoms with Gasteiger partial charge < -0.3 is 10.1 Å². The van der Waals surface area contributed by atoms with Gasteiger partial charge in [-0.2, -0.15) is 0 Å². The first-order chi connectivity index (χ1) is 8.74. The van der Waals surface area contributed by atoms with Crippen LogP contribution in [0.3, 0.4) is 0 Å². The van der Waals surface area contributed by atoms with Crippen LogP contribution in [0.15, 0.2) is 0 Å². The fraction of sp³-hybridized carbons (Fsp3) is 0.846. The second kappa shape index (κ2) is 6.59. The Kier molecular flexibility index (Phi) is 5.09. The molecule has 1 saturated heterocycles. The molecule has 0 bridgehead atoms. The predicted molar refractivity (Wildman–Crippen MR) is 73.9 cm³/mol. The first kappa shape index (κ1) is 13.9. The monoisotopic (exact) mass is 269 g/mol. The summed E-state index contributed by atoms with van der Waals surface area (Å²) in [6, 6.07) is 0. The Morgan fingerprint density at radius 2 is 2.28 bits per heavy atom. The summed E-state index contributed by atoms with van der Waals surface area (Å²) in [6.45, 7) is 7.34. The number of nitrogens with zero attached hydrogens (tertiary/aromatic N) is 2. The van der Waals surface area contributed by atoms with Crippen LogP contribution in [-0.4, -0.2) is 29.9 Å². The summed E-state index contributed by atoms with van der Waals surface area (Å²) in [6.07, 6.45) is 5.54. The lowest BCUT2D eigenvalue weighted by Gasteiger charge is -2.18. The zero-order chi connectivity index (χ0) is 12.8. The van der Waals surface area contributed by atoms with Crippen LogP contribution in [0.4, 0.5) is 0 Å². The van der Waals surface area contributed by atoms with Crippen LogP contribution in [0.5, 0.6) is 0 Å². The van der Waals surface area contributed by atoms with Crippen molar-refractivity contribution in [1.29, 1.82) is 0 Å². The molecule has 18 heavy (non-hydrogen) atoms. The Bertz CT molecular complexity index is 361. The first-order valence-corrected chi connectivity index (χ1v) is 7.74. The lowest BCUT2D eigenvalue weighted by Crippen LogP contribution is -2.19. The van der Waals surface area contributed by atoms with Crippen molar-refractivity contribution in [3.05, 3.63) is 10.0 Å². The van der Waals surface area contributed by atoms with Crippen molar-refractivity contribution in [1.82, 2.24) is 15.5 Å². The lowest BCUT2D eigenvalue weighted by atomic mass is 10.0. The summed E-state index contributed by atoms with van der Waals surface area (Å²) in [7, 11) is 0. The van der Waals surface area contributed by atoms with Gasteiger partial charge in [-0.15, -0.1) is 10.2 Å². The molecule has 1 N–H and O–H groups in total. The van der Waals surface area contributed by atoms with Gasteiger partial charge in [0, 0.05) is 13.0 Å². The molecule has 0 radical (unpaired) electrons. The van der Waals surface area contributed by atoms with Gasteiger partial charge in [0.15, 0.2) is 0 Å². The maximum absolute atomic E-state index is 5.79. The molecule has 4 nitrogen and oxygen atoms in total. The molecular weight excluding hydrogens is 246 g/mol. The van der Waals surface area contributed by atoms with Crippen molar-refractivity contribution in [2.24, 2.45) is 0 Å². The quantitative estimate of drug-likeness (QED) is 0.773. The lowest BCUT2D eigenvalue weighted by molar-refractivity contribution is 0.0161. The minimum atomic E-state index is -0.170. The fourth-order valence-corrected chi connectivity index (χ4v) is 3.19. The molecule has 0 aliphatic carbocycles. The Balaban J connectivity index is 1.79. The van der Waals surface area contributed by atoms with Gasteiger partial charge in [0.05, 0.1) is 0 Å². The molecule has 2 rings (SSSR count). The number of rotatable bonds is 7. The molecule has 102 valence electrons. The van der Waals surface area contributed by atoms with E-state index in [2.05, 4.69) is 29.4 Å². The number of aryl methyl sites for hydroxylation is 1. The maximum atomic E-state index is 5.79. The van der Waals surface area contributed by atoms with E-state index in [1.807, 2.05) is 0 Å². The predicted octanol–water partition coefficient (Wildman–Crippen LogP) is 2.50. The van der Waals surface area contributed by atoms with Gasteiger partial charge in [0.2, 0.25) is 0 Å². The van der Waals surface area contributed by atoms with E-state index in [0.717, 1.165) is 55.4 Å². The zero-order valence-corrected chi connectivity index (χ0v) is 12.2. The fourth-order valence-electron chi connectivity index (χ4n) is 2.18. The van der Waals surface area contributed by atoms with Crippen molar-refractivity contribution in [3.63, 3.8) is 0 Å². The molecule has 1 aromatic rings. The van der Waals surface area contributed by atoms with Gasteiger partial charge >= 0.3 is 0 Å². The largest absolute Gasteiger partial charge is 0.368 e. The van der Waals surface area contributed by atoms with E-state index in [1.54, 1.807) is 11.3 Å². The highest BCUT2D eigenvalue weighted by Crippen LogP contribution is 2.37. The summed E-state index contributed by atoms with van der Waals surface area (Å²) in [5, 5.41) is 14.2. The first-order valence-electron chi connectivity index (χ1n) is 6.92. The maximum Gasteiger partial charge on any atom is 0.149 e. The normalized spacial score (nSPS) is 23.7. The zero-order valence-electron chi connectivity index (χ0n) is 11.4. The minimum Gasteiger partial charge on any atom is -0.368 e. The molecule has 1 unspecified atom stereocenters. The second-order valence-corrected chi connectivity index (χ2v) is 6.10. The highest BCUT2D eigenvalue weighted by Gasteiger charge is 2.35. The van der Waals surface area contributed by atoms with Crippen LogP contribution in [0.2, 0.25) is 0 Å². The van der Waals surface area contributed by atoms with Crippen LogP contribution in [0.25, 0.3) is 0 Å². The molecule has 0 saturated carbocycles. The van der Waals surface area contributed by atoms with Crippen molar-refractivity contribution >= 4 is 11.3 Å². The van der Waals surface area contributed by atoms with Gasteiger partial charge in [-0.3, -0.25) is 0 Å². The molecule has 1 atom stereocenters. The van der Waals surface area contributed by atoms with E-state index in [-0.39, 0.29) is 5.60 Å². The smallest absolute Gasteiger partial charge is 0.149 e. The minimum absolute atomic E-state index is 0.170. The van der Waals surface area contributed by atoms with Gasteiger partial charge in [0.25, 0.3) is 0 Å². The molecular formula is C13H23N3OS. The number of aromatic nitrogens is 2. The topological polar surface area (TPSA) is 47.0 Å². The van der Waals surface area contributed by atoms with Crippen molar-refractivity contribution in [2.75, 3.05) is 19.7 Å². The molecule has 1 aliphatic heterocycles. The third kappa shape index (κ3) is 3.49. The van der Waals surface area contributed by atoms with E-state index in [0.29, 0.717) is 0 Å². The molecule has 2 heterocycles. The molecule has 0 amide bonds. The average Bonchev–Trinajstić information content (AvgIpc) is 2.99. The molecule has 1 aromatic heterocycles. The van der Waals surface area contributed by atoms with E-state index < -0.39 is 0 Å². The van der Waals surface area contributed by atoms with Gasteiger partial charge in [-0.05, 0) is 45.7 Å². The van der Waals surface area contributed by atoms with Crippen molar-refractivity contribution in [2.45, 2.75) is 51.6 Å². The van der Waals surface area contributed by atoms with Crippen LogP contribution in [0.1, 0.15) is 49.5 Å². The molecule has 0 spiro atoms. The molecule has 1 fully saturated rings. The van der Waals surface area contributed by atoms with Crippen molar-refractivity contribution < 1.29 is 4.74 Å². The summed E-state index contributed by atoms with van der Waals surface area (Å²) in [4.78, 5) is 0. The van der Waals surface area contributed by atoms with Gasteiger partial charge in [0.1, 0.15) is 15.6 Å². The number of hydrogen-bond donors (Lipinski definition) is 1. The Labute approximate surface area is 113 Å². The SMILES string of the molecule is CCCNCCCc1nnc(C2(C)CCCO2)s1.